The van der Waals surface area contributed by atoms with Gasteiger partial charge in [0.25, 0.3) is 0 Å². The van der Waals surface area contributed by atoms with E-state index in [0.717, 1.165) is 20.9 Å². The van der Waals surface area contributed by atoms with Crippen molar-refractivity contribution in [3.05, 3.63) is 94.7 Å². The molecule has 4 nitrogen and oxygen atoms in total. The smallest absolute Gasteiger partial charge is 0.545 e. The van der Waals surface area contributed by atoms with E-state index in [1.54, 1.807) is 36.4 Å². The standard InChI is InChI=1S/2C11H8O2S.Zn/c2*12-11(13)9-5-2-1-4-8(9)10-6-3-7-14-10;/h2*1-7H,(H,12,13);/q;;+2/p-2. The normalized spacial score (nSPS) is 9.66. The molecule has 0 saturated carbocycles. The van der Waals surface area contributed by atoms with E-state index in [9.17, 15) is 19.8 Å². The second-order valence-corrected chi connectivity index (χ2v) is 7.52. The number of carbonyl (C=O) groups excluding carboxylic acids is 2. The van der Waals surface area contributed by atoms with E-state index in [-0.39, 0.29) is 30.6 Å². The third-order valence-electron chi connectivity index (χ3n) is 3.87. The molecule has 0 aliphatic rings. The quantitative estimate of drug-likeness (QED) is 0.426. The van der Waals surface area contributed by atoms with Gasteiger partial charge in [-0.2, -0.15) is 0 Å². The molecule has 0 aliphatic heterocycles. The van der Waals surface area contributed by atoms with Crippen LogP contribution in [0.1, 0.15) is 20.7 Å². The molecule has 0 N–H and O–H groups in total. The van der Waals surface area contributed by atoms with Gasteiger partial charge in [0.05, 0.1) is 11.9 Å². The second-order valence-electron chi connectivity index (χ2n) is 5.62. The zero-order valence-electron chi connectivity index (χ0n) is 15.2. The van der Waals surface area contributed by atoms with Gasteiger partial charge in [-0.25, -0.2) is 0 Å². The predicted octanol–water partition coefficient (Wildman–Crippen LogP) is 3.55. The molecule has 0 amide bonds. The molecule has 0 saturated heterocycles. The number of carboxylic acids is 2. The van der Waals surface area contributed by atoms with E-state index in [4.69, 9.17) is 0 Å². The molecule has 2 aromatic heterocycles. The summed E-state index contributed by atoms with van der Waals surface area (Å²) in [7, 11) is 0. The molecule has 140 valence electrons. The Labute approximate surface area is 188 Å². The minimum atomic E-state index is -1.13. The van der Waals surface area contributed by atoms with Crippen LogP contribution in [0.15, 0.2) is 83.6 Å². The van der Waals surface area contributed by atoms with Crippen molar-refractivity contribution in [2.75, 3.05) is 0 Å². The second kappa shape index (κ2) is 10.8. The maximum Gasteiger partial charge on any atom is 2.00 e. The number of hydrogen-bond donors (Lipinski definition) is 0. The maximum atomic E-state index is 10.8. The predicted molar refractivity (Wildman–Crippen MR) is 108 cm³/mol. The molecule has 0 unspecified atom stereocenters. The Hall–Kier alpha value is -2.60. The Balaban J connectivity index is 0.000000200. The molecule has 0 aliphatic carbocycles. The van der Waals surface area contributed by atoms with E-state index >= 15 is 0 Å². The molecule has 0 spiro atoms. The van der Waals surface area contributed by atoms with E-state index < -0.39 is 11.9 Å². The zero-order chi connectivity index (χ0) is 19.9. The van der Waals surface area contributed by atoms with Crippen LogP contribution in [0.25, 0.3) is 20.9 Å². The van der Waals surface area contributed by atoms with Crippen LogP contribution >= 0.6 is 22.7 Å². The van der Waals surface area contributed by atoms with E-state index in [1.165, 1.54) is 22.7 Å². The largest absolute Gasteiger partial charge is 2.00 e. The number of carboxylic acid groups (broad SMARTS) is 2. The van der Waals surface area contributed by atoms with Gasteiger partial charge in [0, 0.05) is 32.0 Å². The van der Waals surface area contributed by atoms with Gasteiger partial charge >= 0.3 is 19.5 Å². The molecule has 0 bridgehead atoms. The van der Waals surface area contributed by atoms with Crippen molar-refractivity contribution in [1.82, 2.24) is 0 Å². The Kier molecular flexibility index (Phi) is 8.46. The van der Waals surface area contributed by atoms with E-state index in [0.29, 0.717) is 0 Å². The Morgan fingerprint density at radius 2 is 0.966 bits per heavy atom. The average molecular weight is 472 g/mol. The summed E-state index contributed by atoms with van der Waals surface area (Å²) in [5.41, 5.74) is 1.94. The molecule has 0 radical (unpaired) electrons. The minimum absolute atomic E-state index is 0. The Morgan fingerprint density at radius 3 is 1.28 bits per heavy atom. The first-order valence-electron chi connectivity index (χ1n) is 8.26. The molecule has 7 heteroatoms. The zero-order valence-corrected chi connectivity index (χ0v) is 19.8. The summed E-state index contributed by atoms with van der Waals surface area (Å²) in [6.45, 7) is 0. The van der Waals surface area contributed by atoms with Crippen LogP contribution in [0, 0.1) is 0 Å². The monoisotopic (exact) mass is 470 g/mol. The number of benzene rings is 2. The fraction of sp³-hybridized carbons (Fsp3) is 0. The number of hydrogen-bond acceptors (Lipinski definition) is 6. The number of rotatable bonds is 4. The van der Waals surface area contributed by atoms with Crippen molar-refractivity contribution >= 4 is 34.6 Å². The maximum absolute atomic E-state index is 10.8. The minimum Gasteiger partial charge on any atom is -0.545 e. The topological polar surface area (TPSA) is 80.3 Å². The molecule has 2 heterocycles. The SMILES string of the molecule is O=C([O-])c1ccccc1-c1cccs1.O=C([O-])c1ccccc1-c1cccs1.[Zn+2]. The van der Waals surface area contributed by atoms with Crippen LogP contribution in [-0.4, -0.2) is 11.9 Å². The van der Waals surface area contributed by atoms with Crippen molar-refractivity contribution < 1.29 is 39.3 Å². The summed E-state index contributed by atoms with van der Waals surface area (Å²) in [4.78, 5) is 23.5. The Morgan fingerprint density at radius 1 is 0.586 bits per heavy atom. The molecule has 4 rings (SSSR count). The van der Waals surface area contributed by atoms with Crippen molar-refractivity contribution in [3.63, 3.8) is 0 Å². The first-order chi connectivity index (χ1) is 13.6. The third-order valence-corrected chi connectivity index (χ3v) is 5.67. The summed E-state index contributed by atoms with van der Waals surface area (Å²) in [5.74, 6) is -2.26. The van der Waals surface area contributed by atoms with Crippen LogP contribution in [0.3, 0.4) is 0 Å². The van der Waals surface area contributed by atoms with Crippen molar-refractivity contribution in [3.8, 4) is 20.9 Å². The number of aromatic carboxylic acids is 2. The van der Waals surface area contributed by atoms with Gasteiger partial charge in [-0.3, -0.25) is 0 Å². The molecular weight excluding hydrogens is 458 g/mol. The molecule has 0 atom stereocenters. The molecule has 2 aromatic carbocycles. The van der Waals surface area contributed by atoms with Gasteiger partial charge in [0.15, 0.2) is 0 Å². The molecule has 0 fully saturated rings. The van der Waals surface area contributed by atoms with E-state index in [2.05, 4.69) is 0 Å². The van der Waals surface area contributed by atoms with Gasteiger partial charge < -0.3 is 19.8 Å². The summed E-state index contributed by atoms with van der Waals surface area (Å²) < 4.78 is 0. The fourth-order valence-corrected chi connectivity index (χ4v) is 4.15. The summed E-state index contributed by atoms with van der Waals surface area (Å²) in [6, 6.07) is 21.3. The first kappa shape index (κ1) is 22.7. The van der Waals surface area contributed by atoms with E-state index in [1.807, 2.05) is 47.2 Å². The third kappa shape index (κ3) is 5.70. The first-order valence-corrected chi connectivity index (χ1v) is 10.0. The number of thiophene rings is 2. The van der Waals surface area contributed by atoms with Crippen molar-refractivity contribution in [2.24, 2.45) is 0 Å². The van der Waals surface area contributed by atoms with Crippen LogP contribution in [0.5, 0.6) is 0 Å². The van der Waals surface area contributed by atoms with Gasteiger partial charge in [-0.05, 0) is 22.9 Å². The molecule has 4 aromatic rings. The Bertz CT molecular complexity index is 986. The fourth-order valence-electron chi connectivity index (χ4n) is 2.62. The molecular formula is C22H14O4S2Zn. The van der Waals surface area contributed by atoms with Gasteiger partial charge in [-0.15, -0.1) is 22.7 Å². The van der Waals surface area contributed by atoms with Gasteiger partial charge in [0.2, 0.25) is 0 Å². The van der Waals surface area contributed by atoms with Crippen LogP contribution in [-0.2, 0) is 19.5 Å². The van der Waals surface area contributed by atoms with Crippen LogP contribution in [0.2, 0.25) is 0 Å². The van der Waals surface area contributed by atoms with Gasteiger partial charge in [0.1, 0.15) is 0 Å². The average Bonchev–Trinajstić information content (AvgIpc) is 3.42. The molecule has 29 heavy (non-hydrogen) atoms. The van der Waals surface area contributed by atoms with Gasteiger partial charge in [-0.1, -0.05) is 60.7 Å². The van der Waals surface area contributed by atoms with Crippen molar-refractivity contribution in [2.45, 2.75) is 0 Å². The van der Waals surface area contributed by atoms with Crippen LogP contribution in [0.4, 0.5) is 0 Å². The van der Waals surface area contributed by atoms with Crippen molar-refractivity contribution in [1.29, 1.82) is 0 Å². The summed E-state index contributed by atoms with van der Waals surface area (Å²) in [6.07, 6.45) is 0. The summed E-state index contributed by atoms with van der Waals surface area (Å²) >= 11 is 3.03. The number of carbonyl (C=O) groups is 2. The van der Waals surface area contributed by atoms with Crippen LogP contribution < -0.4 is 10.2 Å². The summed E-state index contributed by atoms with van der Waals surface area (Å²) in [5, 5.41) is 25.5.